The van der Waals surface area contributed by atoms with E-state index in [1.54, 1.807) is 18.3 Å². The number of benzene rings is 1. The summed E-state index contributed by atoms with van der Waals surface area (Å²) in [6.45, 7) is 4.71. The maximum absolute atomic E-state index is 12.1. The maximum Gasteiger partial charge on any atom is 0.279 e. The number of hydrogen-bond acceptors (Lipinski definition) is 5. The van der Waals surface area contributed by atoms with Gasteiger partial charge >= 0.3 is 0 Å². The van der Waals surface area contributed by atoms with Gasteiger partial charge in [0.2, 0.25) is 5.91 Å². The molecule has 0 bridgehead atoms. The summed E-state index contributed by atoms with van der Waals surface area (Å²) in [5, 5.41) is 4.04. The van der Waals surface area contributed by atoms with E-state index in [0.717, 1.165) is 30.1 Å². The lowest BCUT2D eigenvalue weighted by molar-refractivity contribution is -0.126. The number of aromatic nitrogens is 1. The van der Waals surface area contributed by atoms with E-state index in [2.05, 4.69) is 10.3 Å². The Kier molecular flexibility index (Phi) is 5.83. The molecule has 5 nitrogen and oxygen atoms in total. The van der Waals surface area contributed by atoms with Crippen LogP contribution in [0.4, 0.5) is 0 Å². The molecule has 0 aliphatic heterocycles. The number of nitrogens with zero attached hydrogens (tertiary/aromatic N) is 1. The van der Waals surface area contributed by atoms with Gasteiger partial charge in [0, 0.05) is 23.7 Å². The molecular formula is C22H25ClN2O3S. The number of rotatable bonds is 9. The van der Waals surface area contributed by atoms with E-state index >= 15 is 0 Å². The maximum atomic E-state index is 12.1. The van der Waals surface area contributed by atoms with Gasteiger partial charge in [-0.3, -0.25) is 4.79 Å². The minimum atomic E-state index is -0.161. The number of ether oxygens (including phenoxy) is 2. The van der Waals surface area contributed by atoms with Crippen molar-refractivity contribution in [3.8, 4) is 16.7 Å². The second-order valence-electron chi connectivity index (χ2n) is 8.16. The quantitative estimate of drug-likeness (QED) is 0.552. The molecule has 154 valence electrons. The van der Waals surface area contributed by atoms with Crippen LogP contribution in [-0.2, 0) is 4.79 Å². The van der Waals surface area contributed by atoms with Crippen molar-refractivity contribution in [2.45, 2.75) is 45.6 Å². The molecule has 0 saturated heterocycles. The smallest absolute Gasteiger partial charge is 0.279 e. The number of carbonyl (C=O) groups excluding carboxylic acids is 1. The van der Waals surface area contributed by atoms with Crippen molar-refractivity contribution in [3.63, 3.8) is 0 Å². The summed E-state index contributed by atoms with van der Waals surface area (Å²) in [5.74, 6) is 2.13. The van der Waals surface area contributed by atoms with E-state index in [1.165, 1.54) is 24.2 Å². The Labute approximate surface area is 180 Å². The SMILES string of the molecule is C[C@@H](/C=C/c1cnc(Oc2ccc(OCC3CC3)cc2Cl)s1)NC(=O)C1(C)CC1. The van der Waals surface area contributed by atoms with Crippen molar-refractivity contribution < 1.29 is 14.3 Å². The van der Waals surface area contributed by atoms with Crippen LogP contribution in [0.15, 0.2) is 30.5 Å². The van der Waals surface area contributed by atoms with Crippen LogP contribution in [0.3, 0.4) is 0 Å². The minimum absolute atomic E-state index is 0.0379. The molecule has 0 spiro atoms. The third kappa shape index (κ3) is 5.52. The van der Waals surface area contributed by atoms with Crippen LogP contribution in [0, 0.1) is 11.3 Å². The van der Waals surface area contributed by atoms with E-state index < -0.39 is 0 Å². The lowest BCUT2D eigenvalue weighted by atomic mass is 10.1. The Bertz CT molecular complexity index is 919. The van der Waals surface area contributed by atoms with Crippen molar-refractivity contribution in [2.75, 3.05) is 6.61 Å². The highest BCUT2D eigenvalue weighted by molar-refractivity contribution is 7.14. The molecule has 2 aliphatic carbocycles. The van der Waals surface area contributed by atoms with Crippen molar-refractivity contribution >= 4 is 34.9 Å². The van der Waals surface area contributed by atoms with Crippen LogP contribution in [0.25, 0.3) is 6.08 Å². The third-order valence-electron chi connectivity index (χ3n) is 5.24. The Balaban J connectivity index is 1.31. The predicted octanol–water partition coefficient (Wildman–Crippen LogP) is 5.70. The van der Waals surface area contributed by atoms with E-state index in [0.29, 0.717) is 21.9 Å². The predicted molar refractivity (Wildman–Crippen MR) is 116 cm³/mol. The number of carbonyl (C=O) groups is 1. The van der Waals surface area contributed by atoms with Gasteiger partial charge in [-0.05, 0) is 56.7 Å². The molecule has 7 heteroatoms. The van der Waals surface area contributed by atoms with Gasteiger partial charge in [0.05, 0.1) is 16.5 Å². The van der Waals surface area contributed by atoms with Gasteiger partial charge in [0.1, 0.15) is 11.5 Å². The highest BCUT2D eigenvalue weighted by Gasteiger charge is 2.44. The summed E-state index contributed by atoms with van der Waals surface area (Å²) in [6.07, 6.45) is 10.1. The highest BCUT2D eigenvalue weighted by atomic mass is 35.5. The van der Waals surface area contributed by atoms with Gasteiger partial charge in [-0.25, -0.2) is 4.98 Å². The fourth-order valence-electron chi connectivity index (χ4n) is 2.72. The number of amides is 1. The Morgan fingerprint density at radius 1 is 1.45 bits per heavy atom. The van der Waals surface area contributed by atoms with Crippen LogP contribution < -0.4 is 14.8 Å². The van der Waals surface area contributed by atoms with Crippen LogP contribution in [0.2, 0.25) is 5.02 Å². The molecule has 0 unspecified atom stereocenters. The molecule has 4 rings (SSSR count). The second kappa shape index (κ2) is 8.36. The Morgan fingerprint density at radius 3 is 2.93 bits per heavy atom. The Hall–Kier alpha value is -2.05. The molecule has 1 aromatic heterocycles. The first-order chi connectivity index (χ1) is 13.9. The van der Waals surface area contributed by atoms with Crippen LogP contribution >= 0.6 is 22.9 Å². The summed E-state index contributed by atoms with van der Waals surface area (Å²) in [4.78, 5) is 17.3. The second-order valence-corrected chi connectivity index (χ2v) is 9.59. The summed E-state index contributed by atoms with van der Waals surface area (Å²) in [7, 11) is 0. The van der Waals surface area contributed by atoms with Crippen LogP contribution in [-0.4, -0.2) is 23.5 Å². The molecule has 1 aromatic carbocycles. The van der Waals surface area contributed by atoms with Crippen molar-refractivity contribution in [2.24, 2.45) is 11.3 Å². The Morgan fingerprint density at radius 2 is 2.24 bits per heavy atom. The lowest BCUT2D eigenvalue weighted by Crippen LogP contribution is -2.36. The molecular weight excluding hydrogens is 408 g/mol. The minimum Gasteiger partial charge on any atom is -0.493 e. The molecule has 1 atom stereocenters. The van der Waals surface area contributed by atoms with E-state index in [4.69, 9.17) is 21.1 Å². The zero-order valence-corrected chi connectivity index (χ0v) is 18.2. The van der Waals surface area contributed by atoms with E-state index in [9.17, 15) is 4.79 Å². The average Bonchev–Trinajstić information content (AvgIpc) is 3.61. The van der Waals surface area contributed by atoms with Crippen molar-refractivity contribution in [3.05, 3.63) is 40.4 Å². The first-order valence-electron chi connectivity index (χ1n) is 9.96. The van der Waals surface area contributed by atoms with E-state index in [-0.39, 0.29) is 17.4 Å². The van der Waals surface area contributed by atoms with Gasteiger partial charge < -0.3 is 14.8 Å². The number of hydrogen-bond donors (Lipinski definition) is 1. The molecule has 2 aromatic rings. The summed E-state index contributed by atoms with van der Waals surface area (Å²) < 4.78 is 11.6. The van der Waals surface area contributed by atoms with Crippen LogP contribution in [0.1, 0.15) is 44.4 Å². The van der Waals surface area contributed by atoms with Gasteiger partial charge in [0.25, 0.3) is 5.19 Å². The highest BCUT2D eigenvalue weighted by Crippen LogP contribution is 2.45. The molecule has 0 radical (unpaired) electrons. The molecule has 29 heavy (non-hydrogen) atoms. The van der Waals surface area contributed by atoms with Gasteiger partial charge in [0.15, 0.2) is 0 Å². The standard InChI is InChI=1S/C22H25ClN2O3S/c1-14(25-20(26)22(2)9-10-22)3-7-17-12-24-21(29-17)28-19-8-6-16(11-18(19)23)27-13-15-4-5-15/h3,6-8,11-12,14-15H,4-5,9-10,13H2,1-2H3,(H,25,26)/b7-3+/t14-/m0/s1. The summed E-state index contributed by atoms with van der Waals surface area (Å²) in [6, 6.07) is 5.41. The number of thiazole rings is 1. The fourth-order valence-corrected chi connectivity index (χ4v) is 3.62. The topological polar surface area (TPSA) is 60.5 Å². The number of nitrogens with one attached hydrogen (secondary N) is 1. The molecule has 1 amide bonds. The normalized spacial score (nSPS) is 18.4. The van der Waals surface area contributed by atoms with E-state index in [1.807, 2.05) is 32.1 Å². The van der Waals surface area contributed by atoms with Gasteiger partial charge in [-0.2, -0.15) is 0 Å². The van der Waals surface area contributed by atoms with Gasteiger partial charge in [-0.1, -0.05) is 35.9 Å². The number of halogens is 1. The largest absolute Gasteiger partial charge is 0.493 e. The molecule has 1 N–H and O–H groups in total. The fraction of sp³-hybridized carbons (Fsp3) is 0.455. The third-order valence-corrected chi connectivity index (χ3v) is 6.38. The van der Waals surface area contributed by atoms with Crippen molar-refractivity contribution in [1.82, 2.24) is 10.3 Å². The monoisotopic (exact) mass is 432 g/mol. The summed E-state index contributed by atoms with van der Waals surface area (Å²) in [5.41, 5.74) is -0.161. The first-order valence-corrected chi connectivity index (χ1v) is 11.2. The van der Waals surface area contributed by atoms with Crippen molar-refractivity contribution in [1.29, 1.82) is 0 Å². The zero-order chi connectivity index (χ0) is 20.4. The summed E-state index contributed by atoms with van der Waals surface area (Å²) >= 11 is 7.75. The lowest BCUT2D eigenvalue weighted by Gasteiger charge is -2.13. The average molecular weight is 433 g/mol. The molecule has 2 saturated carbocycles. The van der Waals surface area contributed by atoms with Gasteiger partial charge in [-0.15, -0.1) is 0 Å². The molecule has 1 heterocycles. The zero-order valence-electron chi connectivity index (χ0n) is 16.6. The van der Waals surface area contributed by atoms with Crippen LogP contribution in [0.5, 0.6) is 16.7 Å². The molecule has 2 aliphatic rings. The first kappa shape index (κ1) is 20.2. The molecule has 2 fully saturated rings.